The Morgan fingerprint density at radius 2 is 1.90 bits per heavy atom. The number of para-hydroxylation sites is 1. The Hall–Kier alpha value is -1.94. The van der Waals surface area contributed by atoms with Gasteiger partial charge < -0.3 is 11.1 Å². The van der Waals surface area contributed by atoms with Gasteiger partial charge in [-0.3, -0.25) is 0 Å². The second kappa shape index (κ2) is 6.68. The Balaban J connectivity index is 2.14. The molecule has 0 fully saturated rings. The molecule has 0 aliphatic rings. The molecule has 2 nitrogen and oxygen atoms in total. The van der Waals surface area contributed by atoms with Gasteiger partial charge in [-0.1, -0.05) is 36.5 Å². The Morgan fingerprint density at radius 3 is 2.52 bits per heavy atom. The van der Waals surface area contributed by atoms with Crippen molar-refractivity contribution in [2.75, 3.05) is 5.32 Å². The van der Waals surface area contributed by atoms with Crippen LogP contribution in [0.3, 0.4) is 0 Å². The molecule has 4 heteroatoms. The van der Waals surface area contributed by atoms with E-state index in [1.54, 1.807) is 12.1 Å². The topological polar surface area (TPSA) is 38.0 Å². The highest BCUT2D eigenvalue weighted by molar-refractivity contribution is 7.80. The third-order valence-corrected chi connectivity index (χ3v) is 3.60. The van der Waals surface area contributed by atoms with E-state index in [0.717, 1.165) is 28.8 Å². The van der Waals surface area contributed by atoms with Crippen molar-refractivity contribution < 1.29 is 4.39 Å². The smallest absolute Gasteiger partial charge is 0.123 e. The molecule has 3 N–H and O–H groups in total. The Bertz CT molecular complexity index is 638. The van der Waals surface area contributed by atoms with E-state index in [-0.39, 0.29) is 11.9 Å². The van der Waals surface area contributed by atoms with Crippen molar-refractivity contribution in [3.05, 3.63) is 65.0 Å². The highest BCUT2D eigenvalue weighted by Crippen LogP contribution is 2.22. The van der Waals surface area contributed by atoms with E-state index in [4.69, 9.17) is 18.0 Å². The minimum absolute atomic E-state index is 0.185. The zero-order valence-electron chi connectivity index (χ0n) is 12.2. The second-order valence-corrected chi connectivity index (χ2v) is 5.68. The lowest BCUT2D eigenvalue weighted by molar-refractivity contribution is 0.626. The van der Waals surface area contributed by atoms with E-state index < -0.39 is 0 Å². The van der Waals surface area contributed by atoms with Gasteiger partial charge in [0.05, 0.1) is 0 Å². The van der Waals surface area contributed by atoms with Gasteiger partial charge in [0, 0.05) is 17.3 Å². The first-order chi connectivity index (χ1) is 9.97. The summed E-state index contributed by atoms with van der Waals surface area (Å²) in [7, 11) is 0. The molecule has 1 atom stereocenters. The van der Waals surface area contributed by atoms with Crippen molar-refractivity contribution in [3.63, 3.8) is 0 Å². The maximum atomic E-state index is 12.9. The van der Waals surface area contributed by atoms with E-state index in [9.17, 15) is 4.39 Å². The van der Waals surface area contributed by atoms with Crippen LogP contribution in [0.1, 0.15) is 23.6 Å². The molecule has 0 bridgehead atoms. The van der Waals surface area contributed by atoms with Crippen LogP contribution < -0.4 is 11.1 Å². The average Bonchev–Trinajstić information content (AvgIpc) is 2.43. The monoisotopic (exact) mass is 302 g/mol. The van der Waals surface area contributed by atoms with Crippen molar-refractivity contribution in [2.24, 2.45) is 5.73 Å². The van der Waals surface area contributed by atoms with Crippen LogP contribution in [-0.2, 0) is 6.42 Å². The van der Waals surface area contributed by atoms with Crippen molar-refractivity contribution in [1.82, 2.24) is 0 Å². The second-order valence-electron chi connectivity index (χ2n) is 5.24. The molecule has 0 spiro atoms. The molecule has 110 valence electrons. The van der Waals surface area contributed by atoms with Gasteiger partial charge in [-0.2, -0.15) is 0 Å². The molecule has 1 unspecified atom stereocenters. The fraction of sp³-hybridized carbons (Fsp3) is 0.235. The van der Waals surface area contributed by atoms with Crippen LogP contribution in [0.4, 0.5) is 10.1 Å². The largest absolute Gasteiger partial charge is 0.389 e. The van der Waals surface area contributed by atoms with Crippen LogP contribution >= 0.6 is 12.2 Å². The molecule has 2 aromatic carbocycles. The summed E-state index contributed by atoms with van der Waals surface area (Å²) >= 11 is 5.10. The maximum absolute atomic E-state index is 12.9. The van der Waals surface area contributed by atoms with Gasteiger partial charge in [-0.25, -0.2) is 4.39 Å². The molecule has 0 aliphatic carbocycles. The quantitative estimate of drug-likeness (QED) is 0.825. The fourth-order valence-electron chi connectivity index (χ4n) is 2.34. The maximum Gasteiger partial charge on any atom is 0.123 e. The third-order valence-electron chi connectivity index (χ3n) is 3.38. The van der Waals surface area contributed by atoms with Crippen LogP contribution in [0.5, 0.6) is 0 Å². The highest BCUT2D eigenvalue weighted by atomic mass is 32.1. The summed E-state index contributed by atoms with van der Waals surface area (Å²) < 4.78 is 12.9. The molecule has 0 saturated heterocycles. The van der Waals surface area contributed by atoms with Gasteiger partial charge >= 0.3 is 0 Å². The lowest BCUT2D eigenvalue weighted by atomic mass is 10.0. The van der Waals surface area contributed by atoms with Gasteiger partial charge in [0.2, 0.25) is 0 Å². The number of anilines is 1. The lowest BCUT2D eigenvalue weighted by Crippen LogP contribution is -2.22. The van der Waals surface area contributed by atoms with Crippen LogP contribution in [0.2, 0.25) is 0 Å². The molecular weight excluding hydrogens is 283 g/mol. The first-order valence-electron chi connectivity index (χ1n) is 6.87. The number of hydrogen-bond donors (Lipinski definition) is 2. The zero-order chi connectivity index (χ0) is 15.4. The van der Waals surface area contributed by atoms with Crippen molar-refractivity contribution in [3.8, 4) is 0 Å². The number of benzene rings is 2. The minimum Gasteiger partial charge on any atom is -0.389 e. The molecule has 0 radical (unpaired) electrons. The highest BCUT2D eigenvalue weighted by Gasteiger charge is 2.11. The van der Waals surface area contributed by atoms with Gasteiger partial charge in [0.25, 0.3) is 0 Å². The van der Waals surface area contributed by atoms with Gasteiger partial charge in [0.15, 0.2) is 0 Å². The normalized spacial score (nSPS) is 12.0. The summed E-state index contributed by atoms with van der Waals surface area (Å²) in [6.45, 7) is 4.11. The summed E-state index contributed by atoms with van der Waals surface area (Å²) in [5.74, 6) is -0.214. The van der Waals surface area contributed by atoms with E-state index in [0.29, 0.717) is 4.99 Å². The number of nitrogens with two attached hydrogens (primary N) is 1. The SMILES string of the molecule is Cc1cccc(C(N)=S)c1NC(C)Cc1ccc(F)cc1. The van der Waals surface area contributed by atoms with Crippen LogP contribution in [0.25, 0.3) is 0 Å². The molecular formula is C17H19FN2S. The van der Waals surface area contributed by atoms with E-state index in [1.807, 2.05) is 25.1 Å². The van der Waals surface area contributed by atoms with E-state index >= 15 is 0 Å². The molecule has 2 rings (SSSR count). The van der Waals surface area contributed by atoms with Crippen molar-refractivity contribution >= 4 is 22.9 Å². The predicted molar refractivity (Wildman–Crippen MR) is 90.3 cm³/mol. The third kappa shape index (κ3) is 4.02. The summed E-state index contributed by atoms with van der Waals surface area (Å²) in [6, 6.07) is 12.6. The van der Waals surface area contributed by atoms with Gasteiger partial charge in [-0.05, 0) is 49.6 Å². The zero-order valence-corrected chi connectivity index (χ0v) is 13.0. The number of halogens is 1. The average molecular weight is 302 g/mol. The predicted octanol–water partition coefficient (Wildman–Crippen LogP) is 3.81. The summed E-state index contributed by atoms with van der Waals surface area (Å²) in [5, 5.41) is 3.46. The summed E-state index contributed by atoms with van der Waals surface area (Å²) in [4.78, 5) is 0.384. The van der Waals surface area contributed by atoms with E-state index in [1.165, 1.54) is 12.1 Å². The van der Waals surface area contributed by atoms with E-state index in [2.05, 4.69) is 12.2 Å². The number of aryl methyl sites for hydroxylation is 1. The van der Waals surface area contributed by atoms with Crippen molar-refractivity contribution in [1.29, 1.82) is 0 Å². The summed E-state index contributed by atoms with van der Waals surface area (Å²) in [5.41, 5.74) is 9.80. The number of thiocarbonyl (C=S) groups is 1. The lowest BCUT2D eigenvalue weighted by Gasteiger charge is -2.20. The van der Waals surface area contributed by atoms with Crippen LogP contribution in [-0.4, -0.2) is 11.0 Å². The Morgan fingerprint density at radius 1 is 1.24 bits per heavy atom. The van der Waals surface area contributed by atoms with Gasteiger partial charge in [0.1, 0.15) is 10.8 Å². The van der Waals surface area contributed by atoms with Crippen LogP contribution in [0.15, 0.2) is 42.5 Å². The number of rotatable bonds is 5. The molecule has 0 saturated carbocycles. The molecule has 0 aromatic heterocycles. The van der Waals surface area contributed by atoms with Gasteiger partial charge in [-0.15, -0.1) is 0 Å². The molecule has 0 heterocycles. The fourth-order valence-corrected chi connectivity index (χ4v) is 2.51. The first kappa shape index (κ1) is 15.4. The van der Waals surface area contributed by atoms with Crippen molar-refractivity contribution in [2.45, 2.75) is 26.3 Å². The first-order valence-corrected chi connectivity index (χ1v) is 7.28. The number of nitrogens with one attached hydrogen (secondary N) is 1. The molecule has 2 aromatic rings. The minimum atomic E-state index is -0.214. The Kier molecular flexibility index (Phi) is 4.91. The van der Waals surface area contributed by atoms with Crippen LogP contribution in [0, 0.1) is 12.7 Å². The summed E-state index contributed by atoms with van der Waals surface area (Å²) in [6.07, 6.45) is 0.797. The Labute approximate surface area is 130 Å². The molecule has 0 amide bonds. The molecule has 0 aliphatic heterocycles. The standard InChI is InChI=1S/C17H19FN2S/c1-11-4-3-5-15(17(19)21)16(11)20-12(2)10-13-6-8-14(18)9-7-13/h3-9,12,20H,10H2,1-2H3,(H2,19,21). The number of hydrogen-bond acceptors (Lipinski definition) is 2. The molecule has 21 heavy (non-hydrogen) atoms.